The molecule has 2 heterocycles. The average molecular weight is 234 g/mol. The number of hydrogen-bond acceptors (Lipinski definition) is 5. The molecule has 0 aromatic carbocycles. The Morgan fingerprint density at radius 1 is 1.24 bits per heavy atom. The third-order valence-electron chi connectivity index (χ3n) is 2.59. The van der Waals surface area contributed by atoms with Crippen molar-refractivity contribution < 1.29 is 0 Å². The van der Waals surface area contributed by atoms with Gasteiger partial charge in [-0.2, -0.15) is 15.1 Å². The van der Waals surface area contributed by atoms with E-state index in [1.54, 1.807) is 6.20 Å². The second kappa shape index (κ2) is 4.99. The summed E-state index contributed by atoms with van der Waals surface area (Å²) in [4.78, 5) is 10.7. The van der Waals surface area contributed by atoms with Crippen LogP contribution >= 0.6 is 0 Å². The average Bonchev–Trinajstić information content (AvgIpc) is 2.75. The number of rotatable bonds is 5. The van der Waals surface area contributed by atoms with Crippen LogP contribution in [0.1, 0.15) is 26.7 Å². The highest BCUT2D eigenvalue weighted by Crippen LogP contribution is 2.23. The van der Waals surface area contributed by atoms with Gasteiger partial charge in [0.1, 0.15) is 5.82 Å². The lowest BCUT2D eigenvalue weighted by atomic mass is 10.3. The lowest BCUT2D eigenvalue weighted by molar-refractivity contribution is 0.737. The van der Waals surface area contributed by atoms with Crippen molar-refractivity contribution in [1.82, 2.24) is 20.2 Å². The van der Waals surface area contributed by atoms with Crippen molar-refractivity contribution in [3.8, 4) is 0 Å². The fourth-order valence-electron chi connectivity index (χ4n) is 1.94. The maximum atomic E-state index is 5.72. The molecule has 0 spiro atoms. The number of anilines is 2. The van der Waals surface area contributed by atoms with Crippen molar-refractivity contribution in [1.29, 1.82) is 0 Å². The van der Waals surface area contributed by atoms with Crippen molar-refractivity contribution in [2.45, 2.75) is 26.7 Å². The Hall–Kier alpha value is -1.85. The summed E-state index contributed by atoms with van der Waals surface area (Å²) in [6, 6.07) is 0. The number of fused-ring (bicyclic) bond motifs is 1. The van der Waals surface area contributed by atoms with Gasteiger partial charge in [-0.05, 0) is 12.8 Å². The van der Waals surface area contributed by atoms with Gasteiger partial charge < -0.3 is 10.6 Å². The summed E-state index contributed by atoms with van der Waals surface area (Å²) in [7, 11) is 0. The van der Waals surface area contributed by atoms with Crippen LogP contribution in [-0.2, 0) is 0 Å². The van der Waals surface area contributed by atoms with Gasteiger partial charge in [0.25, 0.3) is 0 Å². The van der Waals surface area contributed by atoms with E-state index in [0.717, 1.165) is 37.1 Å². The quantitative estimate of drug-likeness (QED) is 0.820. The molecule has 3 N–H and O–H groups in total. The van der Waals surface area contributed by atoms with Crippen molar-refractivity contribution in [3.63, 3.8) is 0 Å². The predicted molar refractivity (Wildman–Crippen MR) is 68.9 cm³/mol. The Balaban J connectivity index is 2.46. The molecule has 0 fully saturated rings. The summed E-state index contributed by atoms with van der Waals surface area (Å²) in [6.45, 7) is 6.23. The molecule has 0 amide bonds. The van der Waals surface area contributed by atoms with Crippen LogP contribution < -0.4 is 10.6 Å². The molecule has 0 saturated heterocycles. The highest BCUT2D eigenvalue weighted by atomic mass is 15.2. The highest BCUT2D eigenvalue weighted by Gasteiger charge is 2.13. The molecule has 0 radical (unpaired) electrons. The van der Waals surface area contributed by atoms with Crippen LogP contribution in [0.15, 0.2) is 6.20 Å². The fraction of sp³-hybridized carbons (Fsp3) is 0.545. The maximum absolute atomic E-state index is 5.72. The number of hydrogen-bond donors (Lipinski definition) is 2. The molecule has 0 atom stereocenters. The van der Waals surface area contributed by atoms with Gasteiger partial charge in [-0.15, -0.1) is 0 Å². The first-order valence-corrected chi connectivity index (χ1v) is 5.97. The number of aromatic amines is 1. The van der Waals surface area contributed by atoms with Crippen LogP contribution in [0.5, 0.6) is 0 Å². The molecular formula is C11H18N6. The van der Waals surface area contributed by atoms with E-state index in [4.69, 9.17) is 5.73 Å². The minimum absolute atomic E-state index is 0.286. The molecular weight excluding hydrogens is 216 g/mol. The first-order chi connectivity index (χ1) is 8.26. The molecule has 0 saturated carbocycles. The molecule has 6 heteroatoms. The van der Waals surface area contributed by atoms with E-state index in [1.165, 1.54) is 0 Å². The van der Waals surface area contributed by atoms with Gasteiger partial charge in [0.05, 0.1) is 11.6 Å². The van der Waals surface area contributed by atoms with Gasteiger partial charge in [0.15, 0.2) is 5.65 Å². The normalized spacial score (nSPS) is 10.9. The summed E-state index contributed by atoms with van der Waals surface area (Å²) in [6.07, 6.45) is 3.90. The molecule has 0 unspecified atom stereocenters. The molecule has 6 nitrogen and oxygen atoms in total. The Kier molecular flexibility index (Phi) is 3.41. The monoisotopic (exact) mass is 234 g/mol. The minimum atomic E-state index is 0.286. The molecule has 0 aliphatic carbocycles. The maximum Gasteiger partial charge on any atom is 0.224 e. The van der Waals surface area contributed by atoms with Gasteiger partial charge >= 0.3 is 0 Å². The zero-order valence-corrected chi connectivity index (χ0v) is 10.3. The summed E-state index contributed by atoms with van der Waals surface area (Å²) in [5.41, 5.74) is 6.42. The van der Waals surface area contributed by atoms with Crippen LogP contribution in [0.4, 0.5) is 11.8 Å². The van der Waals surface area contributed by atoms with Crippen LogP contribution in [-0.4, -0.2) is 33.3 Å². The van der Waals surface area contributed by atoms with E-state index in [2.05, 4.69) is 38.9 Å². The van der Waals surface area contributed by atoms with Crippen molar-refractivity contribution in [2.24, 2.45) is 0 Å². The fourth-order valence-corrected chi connectivity index (χ4v) is 1.94. The van der Waals surface area contributed by atoms with Crippen LogP contribution in [0, 0.1) is 0 Å². The van der Waals surface area contributed by atoms with E-state index in [0.29, 0.717) is 5.65 Å². The first-order valence-electron chi connectivity index (χ1n) is 5.97. The number of nitrogens with one attached hydrogen (secondary N) is 1. The number of nitrogens with zero attached hydrogens (tertiary/aromatic N) is 4. The molecule has 92 valence electrons. The topological polar surface area (TPSA) is 83.7 Å². The van der Waals surface area contributed by atoms with Gasteiger partial charge in [0.2, 0.25) is 5.95 Å². The van der Waals surface area contributed by atoms with E-state index in [9.17, 15) is 0 Å². The third-order valence-corrected chi connectivity index (χ3v) is 2.59. The Morgan fingerprint density at radius 2 is 1.94 bits per heavy atom. The van der Waals surface area contributed by atoms with Gasteiger partial charge in [-0.1, -0.05) is 13.8 Å². The zero-order valence-electron chi connectivity index (χ0n) is 10.3. The summed E-state index contributed by atoms with van der Waals surface area (Å²) in [5, 5.41) is 7.76. The molecule has 0 aliphatic rings. The number of H-pyrrole nitrogens is 1. The van der Waals surface area contributed by atoms with Gasteiger partial charge in [-0.3, -0.25) is 5.10 Å². The van der Waals surface area contributed by atoms with E-state index in [1.807, 2.05) is 0 Å². The minimum Gasteiger partial charge on any atom is -0.368 e. The number of aromatic nitrogens is 4. The van der Waals surface area contributed by atoms with Crippen molar-refractivity contribution >= 4 is 22.8 Å². The molecule has 0 aliphatic heterocycles. The van der Waals surface area contributed by atoms with E-state index >= 15 is 0 Å². The Morgan fingerprint density at radius 3 is 2.59 bits per heavy atom. The van der Waals surface area contributed by atoms with Crippen LogP contribution in [0.25, 0.3) is 11.0 Å². The first kappa shape index (κ1) is 11.6. The Labute approximate surface area is 100 Å². The van der Waals surface area contributed by atoms with E-state index in [-0.39, 0.29) is 5.95 Å². The van der Waals surface area contributed by atoms with Crippen LogP contribution in [0.2, 0.25) is 0 Å². The molecule has 2 rings (SSSR count). The predicted octanol–water partition coefficient (Wildman–Crippen LogP) is 1.56. The molecule has 2 aromatic heterocycles. The molecule has 2 aromatic rings. The molecule has 17 heavy (non-hydrogen) atoms. The van der Waals surface area contributed by atoms with Gasteiger partial charge in [-0.25, -0.2) is 0 Å². The third kappa shape index (κ3) is 2.30. The zero-order chi connectivity index (χ0) is 12.3. The standard InChI is InChI=1S/C11H18N6/c1-3-5-17(6-4-2)10-8-7-13-16-9(8)14-11(12)15-10/h7H,3-6H2,1-2H3,(H3,12,13,14,15,16). The highest BCUT2D eigenvalue weighted by molar-refractivity contribution is 5.87. The number of nitrogens with two attached hydrogens (primary N) is 1. The second-order valence-electron chi connectivity index (χ2n) is 4.02. The summed E-state index contributed by atoms with van der Waals surface area (Å²) >= 11 is 0. The summed E-state index contributed by atoms with van der Waals surface area (Å²) < 4.78 is 0. The Bertz CT molecular complexity index is 486. The van der Waals surface area contributed by atoms with Crippen molar-refractivity contribution in [2.75, 3.05) is 23.7 Å². The van der Waals surface area contributed by atoms with Crippen LogP contribution in [0.3, 0.4) is 0 Å². The SMILES string of the molecule is CCCN(CCC)c1nc(N)nc2[nH]ncc12. The lowest BCUT2D eigenvalue weighted by Gasteiger charge is -2.23. The van der Waals surface area contributed by atoms with Gasteiger partial charge in [0, 0.05) is 13.1 Å². The largest absolute Gasteiger partial charge is 0.368 e. The smallest absolute Gasteiger partial charge is 0.224 e. The molecule has 0 bridgehead atoms. The lowest BCUT2D eigenvalue weighted by Crippen LogP contribution is -2.26. The van der Waals surface area contributed by atoms with E-state index < -0.39 is 0 Å². The van der Waals surface area contributed by atoms with Crippen molar-refractivity contribution in [3.05, 3.63) is 6.20 Å². The number of nitrogen functional groups attached to an aromatic ring is 1. The summed E-state index contributed by atoms with van der Waals surface area (Å²) in [5.74, 6) is 1.17. The second-order valence-corrected chi connectivity index (χ2v) is 4.02.